The van der Waals surface area contributed by atoms with Gasteiger partial charge in [0, 0.05) is 52.1 Å². The summed E-state index contributed by atoms with van der Waals surface area (Å²) in [5.41, 5.74) is 5.22. The lowest BCUT2D eigenvalue weighted by Gasteiger charge is -2.44. The average Bonchev–Trinajstić information content (AvgIpc) is 3.65. The lowest BCUT2D eigenvalue weighted by Crippen LogP contribution is -2.51. The highest BCUT2D eigenvalue weighted by Crippen LogP contribution is 2.48. The van der Waals surface area contributed by atoms with Crippen LogP contribution in [0.25, 0.3) is 22.2 Å². The smallest absolute Gasteiger partial charge is 0.219 e. The van der Waals surface area contributed by atoms with Gasteiger partial charge in [-0.3, -0.25) is 0 Å². The first-order valence-electron chi connectivity index (χ1n) is 13.4. The van der Waals surface area contributed by atoms with E-state index in [1.54, 1.807) is 30.7 Å². The molecule has 200 valence electrons. The molecule has 1 atom stereocenters. The van der Waals surface area contributed by atoms with Crippen molar-refractivity contribution in [2.75, 3.05) is 0 Å². The molecule has 6 nitrogen and oxygen atoms in total. The number of aliphatic hydroxyl groups is 1. The van der Waals surface area contributed by atoms with E-state index in [0.717, 1.165) is 35.1 Å². The second-order valence-corrected chi connectivity index (χ2v) is 17.5. The summed E-state index contributed by atoms with van der Waals surface area (Å²) in [7, 11) is -2.23. The molecule has 4 aromatic heterocycles. The zero-order valence-electron chi connectivity index (χ0n) is 22.8. The van der Waals surface area contributed by atoms with E-state index < -0.39 is 20.3 Å². The van der Waals surface area contributed by atoms with E-state index in [1.807, 2.05) is 0 Å². The predicted molar refractivity (Wildman–Crippen MR) is 152 cm³/mol. The third kappa shape index (κ3) is 4.36. The molecule has 5 rings (SSSR count). The molecule has 1 unspecified atom stereocenters. The van der Waals surface area contributed by atoms with Gasteiger partial charge in [-0.15, -0.1) is 0 Å². The van der Waals surface area contributed by atoms with Gasteiger partial charge in [0.2, 0.25) is 5.95 Å². The zero-order chi connectivity index (χ0) is 27.4. The summed E-state index contributed by atoms with van der Waals surface area (Å²) in [6.45, 7) is 13.8. The van der Waals surface area contributed by atoms with E-state index in [0.29, 0.717) is 38.8 Å². The summed E-state index contributed by atoms with van der Waals surface area (Å²) in [4.78, 5) is 17.6. The van der Waals surface area contributed by atoms with Crippen molar-refractivity contribution in [3.63, 3.8) is 0 Å². The van der Waals surface area contributed by atoms with Crippen LogP contribution in [-0.4, -0.2) is 37.5 Å². The maximum Gasteiger partial charge on any atom is 0.219 e. The highest BCUT2D eigenvalue weighted by atomic mass is 35.5. The normalized spacial score (nSPS) is 15.3. The molecule has 1 saturated carbocycles. The fourth-order valence-electron chi connectivity index (χ4n) is 6.65. The minimum atomic E-state index is -2.23. The van der Waals surface area contributed by atoms with Crippen LogP contribution in [0.15, 0.2) is 43.1 Å². The molecule has 0 saturated heterocycles. The van der Waals surface area contributed by atoms with Crippen molar-refractivity contribution in [1.82, 2.24) is 24.2 Å². The van der Waals surface area contributed by atoms with E-state index >= 15 is 4.39 Å². The maximum atomic E-state index is 15.2. The lowest BCUT2D eigenvalue weighted by molar-refractivity contribution is 0.215. The summed E-state index contributed by atoms with van der Waals surface area (Å²) < 4.78 is 17.6. The van der Waals surface area contributed by atoms with Crippen molar-refractivity contribution >= 4 is 30.9 Å². The van der Waals surface area contributed by atoms with Crippen molar-refractivity contribution in [2.24, 2.45) is 0 Å². The second-order valence-electron chi connectivity index (χ2n) is 11.4. The van der Waals surface area contributed by atoms with Crippen molar-refractivity contribution in [2.45, 2.75) is 83.0 Å². The molecule has 4 heterocycles. The Morgan fingerprint density at radius 1 is 0.921 bits per heavy atom. The number of hydrogen-bond donors (Lipinski definition) is 1. The van der Waals surface area contributed by atoms with Crippen LogP contribution in [0, 0.1) is 5.95 Å². The van der Waals surface area contributed by atoms with Crippen LogP contribution < -0.4 is 0 Å². The van der Waals surface area contributed by atoms with Crippen LogP contribution in [0.2, 0.25) is 21.8 Å². The molecule has 0 radical (unpaired) electrons. The third-order valence-corrected chi connectivity index (χ3v) is 15.3. The first kappa shape index (κ1) is 26.9. The van der Waals surface area contributed by atoms with E-state index in [2.05, 4.69) is 66.9 Å². The van der Waals surface area contributed by atoms with Gasteiger partial charge in [-0.25, -0.2) is 19.9 Å². The Kier molecular flexibility index (Phi) is 7.17. The van der Waals surface area contributed by atoms with Crippen LogP contribution in [0.4, 0.5) is 4.39 Å². The van der Waals surface area contributed by atoms with Crippen LogP contribution in [0.5, 0.6) is 0 Å². The van der Waals surface area contributed by atoms with Crippen molar-refractivity contribution in [3.8, 4) is 11.1 Å². The molecule has 1 N–H and O–H groups in total. The largest absolute Gasteiger partial charge is 0.383 e. The Balaban J connectivity index is 1.75. The number of rotatable bonds is 8. The molecular weight excluding hydrogens is 517 g/mol. The van der Waals surface area contributed by atoms with E-state index in [-0.39, 0.29) is 5.56 Å². The fraction of sp³-hybridized carbons (Fsp3) is 0.448. The van der Waals surface area contributed by atoms with Gasteiger partial charge in [-0.05, 0) is 47.7 Å². The summed E-state index contributed by atoms with van der Waals surface area (Å²) in [6, 6.07) is 5.13. The van der Waals surface area contributed by atoms with Crippen LogP contribution in [0.1, 0.15) is 83.2 Å². The molecule has 0 aliphatic heterocycles. The maximum absolute atomic E-state index is 15.2. The van der Waals surface area contributed by atoms with Gasteiger partial charge in [0.25, 0.3) is 0 Å². The second kappa shape index (κ2) is 10.1. The number of aliphatic hydroxyl groups excluding tert-OH is 1. The fourth-order valence-corrected chi connectivity index (χ4v) is 13.3. The molecule has 0 bridgehead atoms. The molecular formula is C29H35ClFN5OSi. The summed E-state index contributed by atoms with van der Waals surface area (Å²) in [6.07, 6.45) is 7.66. The van der Waals surface area contributed by atoms with Crippen molar-refractivity contribution in [3.05, 3.63) is 71.0 Å². The number of aromatic nitrogens is 5. The Labute approximate surface area is 229 Å². The van der Waals surface area contributed by atoms with Crippen LogP contribution >= 0.6 is 11.6 Å². The molecule has 38 heavy (non-hydrogen) atoms. The molecule has 4 aromatic rings. The zero-order valence-corrected chi connectivity index (χ0v) is 24.5. The summed E-state index contributed by atoms with van der Waals surface area (Å²) in [5.74, 6) is -0.362. The molecule has 9 heteroatoms. The number of hydrogen-bond acceptors (Lipinski definition) is 5. The number of pyridine rings is 2. The van der Waals surface area contributed by atoms with Gasteiger partial charge >= 0.3 is 0 Å². The van der Waals surface area contributed by atoms with E-state index in [4.69, 9.17) is 16.6 Å². The third-order valence-electron chi connectivity index (χ3n) is 8.31. The minimum Gasteiger partial charge on any atom is -0.383 e. The first-order valence-corrected chi connectivity index (χ1v) is 15.9. The van der Waals surface area contributed by atoms with Crippen molar-refractivity contribution < 1.29 is 9.50 Å². The quantitative estimate of drug-likeness (QED) is 0.180. The molecule has 0 aromatic carbocycles. The van der Waals surface area contributed by atoms with Gasteiger partial charge in [-0.1, -0.05) is 53.1 Å². The average molecular weight is 552 g/mol. The first-order chi connectivity index (χ1) is 18.1. The lowest BCUT2D eigenvalue weighted by atomic mass is 9.98. The van der Waals surface area contributed by atoms with Gasteiger partial charge in [0.1, 0.15) is 23.2 Å². The summed E-state index contributed by atoms with van der Waals surface area (Å²) in [5, 5.41) is 13.1. The van der Waals surface area contributed by atoms with E-state index in [9.17, 15) is 5.11 Å². The number of halogens is 2. The minimum absolute atomic E-state index is 0.119. The number of nitrogens with zero attached hydrogens (tertiary/aromatic N) is 5. The number of fused-ring (bicyclic) bond motifs is 1. The van der Waals surface area contributed by atoms with Crippen molar-refractivity contribution in [1.29, 1.82) is 0 Å². The van der Waals surface area contributed by atoms with Gasteiger partial charge in [0.05, 0.1) is 5.69 Å². The Bertz CT molecular complexity index is 1440. The van der Waals surface area contributed by atoms with Crippen LogP contribution in [0.3, 0.4) is 0 Å². The Morgan fingerprint density at radius 3 is 2.16 bits per heavy atom. The Hall–Kier alpha value is -2.68. The molecule has 1 aliphatic rings. The van der Waals surface area contributed by atoms with Gasteiger partial charge in [-0.2, -0.15) is 4.39 Å². The Morgan fingerprint density at radius 2 is 1.58 bits per heavy atom. The van der Waals surface area contributed by atoms with E-state index in [1.165, 1.54) is 6.20 Å². The molecule has 1 aliphatic carbocycles. The van der Waals surface area contributed by atoms with Gasteiger partial charge in [0.15, 0.2) is 8.24 Å². The molecule has 0 spiro atoms. The standard InChI is InChI=1S/C29H35ClFN5OSi/c1-16(2)38(17(3)4,18(5)6)36-14-23(25-26(19-7-8-19)34-15-35-29(25)36)27(37)22-11-21(13-33-28(22)31)20-9-10-24(30)32-12-20/h9-19,27,37H,7-8H2,1-6H3. The molecule has 1 fully saturated rings. The monoisotopic (exact) mass is 551 g/mol. The molecule has 0 amide bonds. The highest BCUT2D eigenvalue weighted by Gasteiger charge is 2.47. The SMILES string of the molecule is CC(C)[Si](C(C)C)(C(C)C)n1cc(C(O)c2cc(-c3ccc(Cl)nc3)cnc2F)c2c(C3CC3)ncnc21. The summed E-state index contributed by atoms with van der Waals surface area (Å²) >= 11 is 5.95. The predicted octanol–water partition coefficient (Wildman–Crippen LogP) is 7.66. The van der Waals surface area contributed by atoms with Gasteiger partial charge < -0.3 is 9.34 Å². The van der Waals surface area contributed by atoms with Crippen LogP contribution in [-0.2, 0) is 0 Å². The highest BCUT2D eigenvalue weighted by molar-refractivity contribution is 6.82. The topological polar surface area (TPSA) is 76.7 Å².